The Morgan fingerprint density at radius 3 is 2.55 bits per heavy atom. The van der Waals surface area contributed by atoms with Gasteiger partial charge >= 0.3 is 0 Å². The molecule has 0 saturated carbocycles. The maximum Gasteiger partial charge on any atom is 0.155 e. The van der Waals surface area contributed by atoms with E-state index in [0.717, 1.165) is 28.1 Å². The second-order valence-corrected chi connectivity index (χ2v) is 4.48. The molecule has 0 unspecified atom stereocenters. The summed E-state index contributed by atoms with van der Waals surface area (Å²) in [5.74, 6) is 0.770. The maximum absolute atomic E-state index is 4.40. The Bertz CT molecular complexity index is 844. The summed E-state index contributed by atoms with van der Waals surface area (Å²) >= 11 is 0. The Morgan fingerprint density at radius 2 is 1.75 bits per heavy atom. The van der Waals surface area contributed by atoms with E-state index in [-0.39, 0.29) is 0 Å². The zero-order valence-electron chi connectivity index (χ0n) is 10.6. The number of H-pyrrole nitrogens is 1. The van der Waals surface area contributed by atoms with Gasteiger partial charge in [0.15, 0.2) is 5.82 Å². The average Bonchev–Trinajstić information content (AvgIpc) is 3.17. The van der Waals surface area contributed by atoms with Crippen LogP contribution in [0.2, 0.25) is 0 Å². The van der Waals surface area contributed by atoms with Crippen molar-refractivity contribution in [3.8, 4) is 17.1 Å². The molecule has 2 aromatic carbocycles. The topological polar surface area (TPSA) is 59.4 Å². The lowest BCUT2D eigenvalue weighted by atomic mass is 10.2. The monoisotopic (exact) mass is 261 g/mol. The number of aromatic nitrogens is 5. The zero-order chi connectivity index (χ0) is 13.4. The van der Waals surface area contributed by atoms with Crippen LogP contribution in [0.3, 0.4) is 0 Å². The summed E-state index contributed by atoms with van der Waals surface area (Å²) in [5, 5.41) is 6.72. The predicted molar refractivity (Wildman–Crippen MR) is 76.4 cm³/mol. The lowest BCUT2D eigenvalue weighted by molar-refractivity contribution is 1.08. The van der Waals surface area contributed by atoms with E-state index >= 15 is 0 Å². The fourth-order valence-electron chi connectivity index (χ4n) is 2.29. The molecule has 5 nitrogen and oxygen atoms in total. The van der Waals surface area contributed by atoms with E-state index in [1.54, 1.807) is 0 Å². The molecule has 2 aromatic heterocycles. The molecule has 0 spiro atoms. The summed E-state index contributed by atoms with van der Waals surface area (Å²) in [6, 6.07) is 16.2. The number of nitrogens with one attached hydrogen (secondary N) is 1. The van der Waals surface area contributed by atoms with Crippen LogP contribution in [0.4, 0.5) is 0 Å². The van der Waals surface area contributed by atoms with E-state index in [9.17, 15) is 0 Å². The minimum absolute atomic E-state index is 0.770. The molecule has 0 amide bonds. The minimum Gasteiger partial charge on any atom is -0.299 e. The molecule has 96 valence electrons. The Labute approximate surface area is 114 Å². The Kier molecular flexibility index (Phi) is 2.35. The first-order valence-corrected chi connectivity index (χ1v) is 6.30. The van der Waals surface area contributed by atoms with Crippen molar-refractivity contribution in [1.82, 2.24) is 24.7 Å². The van der Waals surface area contributed by atoms with Gasteiger partial charge in [-0.1, -0.05) is 12.1 Å². The highest BCUT2D eigenvalue weighted by molar-refractivity contribution is 5.77. The molecule has 0 aliphatic carbocycles. The molecular weight excluding hydrogens is 250 g/mol. The Hall–Kier alpha value is -2.95. The molecule has 1 N–H and O–H groups in total. The molecule has 0 radical (unpaired) electrons. The van der Waals surface area contributed by atoms with Crippen molar-refractivity contribution in [2.75, 3.05) is 0 Å². The number of aromatic amines is 1. The molecule has 2 heterocycles. The normalized spacial score (nSPS) is 11.0. The third kappa shape index (κ3) is 1.68. The van der Waals surface area contributed by atoms with Gasteiger partial charge in [0.1, 0.15) is 12.7 Å². The predicted octanol–water partition coefficient (Wildman–Crippen LogP) is 2.81. The van der Waals surface area contributed by atoms with Gasteiger partial charge in [-0.15, -0.1) is 0 Å². The molecule has 20 heavy (non-hydrogen) atoms. The smallest absolute Gasteiger partial charge is 0.155 e. The van der Waals surface area contributed by atoms with Gasteiger partial charge < -0.3 is 0 Å². The summed E-state index contributed by atoms with van der Waals surface area (Å²) in [7, 11) is 0. The van der Waals surface area contributed by atoms with Crippen molar-refractivity contribution in [2.45, 2.75) is 0 Å². The van der Waals surface area contributed by atoms with E-state index in [4.69, 9.17) is 0 Å². The SMILES string of the molecule is c1ccc2c(c1)ncn2-c1ccc(-c2ncn[nH]2)cc1. The second-order valence-electron chi connectivity index (χ2n) is 4.48. The lowest BCUT2D eigenvalue weighted by Crippen LogP contribution is -1.91. The number of nitrogens with zero attached hydrogens (tertiary/aromatic N) is 4. The van der Waals surface area contributed by atoms with Crippen LogP contribution in [-0.4, -0.2) is 24.7 Å². The lowest BCUT2D eigenvalue weighted by Gasteiger charge is -2.05. The van der Waals surface area contributed by atoms with Gasteiger partial charge in [0.25, 0.3) is 0 Å². The number of rotatable bonds is 2. The van der Waals surface area contributed by atoms with Gasteiger partial charge in [-0.05, 0) is 36.4 Å². The van der Waals surface area contributed by atoms with E-state index in [1.165, 1.54) is 6.33 Å². The summed E-state index contributed by atoms with van der Waals surface area (Å²) in [4.78, 5) is 8.54. The van der Waals surface area contributed by atoms with Gasteiger partial charge in [0.2, 0.25) is 0 Å². The average molecular weight is 261 g/mol. The van der Waals surface area contributed by atoms with Crippen LogP contribution >= 0.6 is 0 Å². The van der Waals surface area contributed by atoms with Crippen LogP contribution in [-0.2, 0) is 0 Å². The molecule has 4 aromatic rings. The highest BCUT2D eigenvalue weighted by atomic mass is 15.2. The molecule has 0 saturated heterocycles. The van der Waals surface area contributed by atoms with Crippen LogP contribution in [0.1, 0.15) is 0 Å². The third-order valence-corrected chi connectivity index (χ3v) is 3.29. The molecule has 0 atom stereocenters. The largest absolute Gasteiger partial charge is 0.299 e. The van der Waals surface area contributed by atoms with E-state index in [1.807, 2.05) is 48.8 Å². The fraction of sp³-hybridized carbons (Fsp3) is 0. The number of para-hydroxylation sites is 2. The fourth-order valence-corrected chi connectivity index (χ4v) is 2.29. The number of hydrogen-bond acceptors (Lipinski definition) is 3. The van der Waals surface area contributed by atoms with Crippen LogP contribution < -0.4 is 0 Å². The summed E-state index contributed by atoms with van der Waals surface area (Å²) in [6.45, 7) is 0. The van der Waals surface area contributed by atoms with Crippen molar-refractivity contribution in [3.05, 3.63) is 61.2 Å². The third-order valence-electron chi connectivity index (χ3n) is 3.29. The molecular formula is C15H11N5. The Balaban J connectivity index is 1.79. The molecule has 0 fully saturated rings. The molecule has 0 aliphatic heterocycles. The molecule has 0 bridgehead atoms. The number of benzene rings is 2. The van der Waals surface area contributed by atoms with Crippen molar-refractivity contribution in [2.24, 2.45) is 0 Å². The number of fused-ring (bicyclic) bond motifs is 1. The van der Waals surface area contributed by atoms with Gasteiger partial charge in [-0.3, -0.25) is 9.67 Å². The van der Waals surface area contributed by atoms with Crippen molar-refractivity contribution < 1.29 is 0 Å². The second kappa shape index (κ2) is 4.31. The zero-order valence-corrected chi connectivity index (χ0v) is 10.6. The number of imidazole rings is 1. The van der Waals surface area contributed by atoms with Crippen LogP contribution in [0, 0.1) is 0 Å². The highest BCUT2D eigenvalue weighted by Gasteiger charge is 2.05. The first kappa shape index (κ1) is 10.9. The van der Waals surface area contributed by atoms with Gasteiger partial charge in [-0.25, -0.2) is 9.97 Å². The maximum atomic E-state index is 4.40. The summed E-state index contributed by atoms with van der Waals surface area (Å²) < 4.78 is 2.07. The van der Waals surface area contributed by atoms with Gasteiger partial charge in [0, 0.05) is 11.3 Å². The standard InChI is InChI=1S/C15H11N5/c1-2-4-14-13(3-1)17-10-20(14)12-7-5-11(6-8-12)15-16-9-18-19-15/h1-10H,(H,16,18,19). The molecule has 4 rings (SSSR count). The minimum atomic E-state index is 0.770. The van der Waals surface area contributed by atoms with E-state index in [2.05, 4.69) is 30.8 Å². The highest BCUT2D eigenvalue weighted by Crippen LogP contribution is 2.20. The summed E-state index contributed by atoms with van der Waals surface area (Å²) in [6.07, 6.45) is 3.35. The van der Waals surface area contributed by atoms with Crippen molar-refractivity contribution >= 4 is 11.0 Å². The van der Waals surface area contributed by atoms with Gasteiger partial charge in [-0.2, -0.15) is 5.10 Å². The van der Waals surface area contributed by atoms with Crippen LogP contribution in [0.5, 0.6) is 0 Å². The first-order valence-electron chi connectivity index (χ1n) is 6.30. The van der Waals surface area contributed by atoms with E-state index in [0.29, 0.717) is 0 Å². The summed E-state index contributed by atoms with van der Waals surface area (Å²) in [5.41, 5.74) is 4.17. The number of hydrogen-bond donors (Lipinski definition) is 1. The van der Waals surface area contributed by atoms with Crippen LogP contribution in [0.15, 0.2) is 61.2 Å². The Morgan fingerprint density at radius 1 is 0.900 bits per heavy atom. The first-order chi connectivity index (χ1) is 9.92. The van der Waals surface area contributed by atoms with Crippen LogP contribution in [0.25, 0.3) is 28.1 Å². The quantitative estimate of drug-likeness (QED) is 0.603. The van der Waals surface area contributed by atoms with Crippen molar-refractivity contribution in [3.63, 3.8) is 0 Å². The molecule has 0 aliphatic rings. The van der Waals surface area contributed by atoms with Gasteiger partial charge in [0.05, 0.1) is 11.0 Å². The van der Waals surface area contributed by atoms with E-state index < -0.39 is 0 Å². The van der Waals surface area contributed by atoms with Crippen molar-refractivity contribution in [1.29, 1.82) is 0 Å². The molecule has 5 heteroatoms.